The zero-order chi connectivity index (χ0) is 19.1. The maximum absolute atomic E-state index is 12.5. The minimum atomic E-state index is 0.0283. The van der Waals surface area contributed by atoms with Gasteiger partial charge in [-0.25, -0.2) is 0 Å². The van der Waals surface area contributed by atoms with Crippen molar-refractivity contribution in [3.8, 4) is 5.75 Å². The lowest BCUT2D eigenvalue weighted by atomic mass is 9.96. The molecule has 0 saturated carbocycles. The first kappa shape index (κ1) is 19.7. The Morgan fingerprint density at radius 2 is 2.00 bits per heavy atom. The van der Waals surface area contributed by atoms with Crippen LogP contribution in [0.25, 0.3) is 0 Å². The molecular weight excluding hydrogens is 360 g/mol. The Labute approximate surface area is 166 Å². The first-order valence-electron chi connectivity index (χ1n) is 9.55. The second kappa shape index (κ2) is 9.77. The summed E-state index contributed by atoms with van der Waals surface area (Å²) in [6.45, 7) is 5.61. The van der Waals surface area contributed by atoms with Gasteiger partial charge >= 0.3 is 0 Å². The second-order valence-corrected chi connectivity index (χ2v) is 7.53. The molecule has 0 spiro atoms. The number of ether oxygens (including phenoxy) is 1. The topological polar surface area (TPSA) is 41.6 Å². The van der Waals surface area contributed by atoms with Crippen molar-refractivity contribution in [2.24, 2.45) is 5.92 Å². The highest BCUT2D eigenvalue weighted by molar-refractivity contribution is 6.31. The molecular formula is C22H27ClN2O2. The van der Waals surface area contributed by atoms with Gasteiger partial charge in [0, 0.05) is 18.1 Å². The van der Waals surface area contributed by atoms with Gasteiger partial charge in [-0.2, -0.15) is 0 Å². The summed E-state index contributed by atoms with van der Waals surface area (Å²) in [5, 5.41) is 3.80. The molecule has 0 aromatic heterocycles. The van der Waals surface area contributed by atoms with E-state index in [0.717, 1.165) is 48.8 Å². The summed E-state index contributed by atoms with van der Waals surface area (Å²) < 4.78 is 5.67. The number of carbonyl (C=O) groups is 1. The number of amides is 1. The van der Waals surface area contributed by atoms with Crippen LogP contribution < -0.4 is 10.1 Å². The van der Waals surface area contributed by atoms with Crippen molar-refractivity contribution >= 4 is 17.5 Å². The Balaban J connectivity index is 1.41. The standard InChI is InChI=1S/C22H27ClN2O2/c1-17-8-10-20(11-9-17)27-14-12-24-22(26)19-6-4-13-25(16-19)15-18-5-2-3-7-21(18)23/h2-3,5,7-11,19H,4,6,12-16H2,1H3,(H,24,26). The van der Waals surface area contributed by atoms with Gasteiger partial charge in [0.1, 0.15) is 12.4 Å². The van der Waals surface area contributed by atoms with Crippen molar-refractivity contribution in [2.75, 3.05) is 26.2 Å². The van der Waals surface area contributed by atoms with Crippen LogP contribution in [0.2, 0.25) is 5.02 Å². The molecule has 1 amide bonds. The van der Waals surface area contributed by atoms with Gasteiger partial charge in [-0.15, -0.1) is 0 Å². The quantitative estimate of drug-likeness (QED) is 0.730. The molecule has 1 atom stereocenters. The van der Waals surface area contributed by atoms with Crippen molar-refractivity contribution in [1.29, 1.82) is 0 Å². The molecule has 0 bridgehead atoms. The number of likely N-dealkylation sites (tertiary alicyclic amines) is 1. The van der Waals surface area contributed by atoms with E-state index in [9.17, 15) is 4.79 Å². The summed E-state index contributed by atoms with van der Waals surface area (Å²) in [6.07, 6.45) is 1.96. The predicted molar refractivity (Wildman–Crippen MR) is 109 cm³/mol. The van der Waals surface area contributed by atoms with Gasteiger partial charge < -0.3 is 10.1 Å². The molecule has 3 rings (SSSR count). The average Bonchev–Trinajstić information content (AvgIpc) is 2.68. The Hall–Kier alpha value is -2.04. The fourth-order valence-electron chi connectivity index (χ4n) is 3.40. The number of nitrogens with zero attached hydrogens (tertiary/aromatic N) is 1. The van der Waals surface area contributed by atoms with E-state index in [1.54, 1.807) is 0 Å². The van der Waals surface area contributed by atoms with Crippen molar-refractivity contribution in [3.63, 3.8) is 0 Å². The van der Waals surface area contributed by atoms with E-state index in [2.05, 4.69) is 16.3 Å². The van der Waals surface area contributed by atoms with Gasteiger partial charge in [-0.3, -0.25) is 9.69 Å². The molecule has 144 valence electrons. The number of hydrogen-bond donors (Lipinski definition) is 1. The monoisotopic (exact) mass is 386 g/mol. The number of carbonyl (C=O) groups excluding carboxylic acids is 1. The molecule has 1 aliphatic heterocycles. The molecule has 4 nitrogen and oxygen atoms in total. The Bertz CT molecular complexity index is 748. The number of nitrogens with one attached hydrogen (secondary N) is 1. The van der Waals surface area contributed by atoms with Crippen LogP contribution >= 0.6 is 11.6 Å². The number of hydrogen-bond acceptors (Lipinski definition) is 3. The third-order valence-corrected chi connectivity index (χ3v) is 5.29. The van der Waals surface area contributed by atoms with E-state index >= 15 is 0 Å². The maximum atomic E-state index is 12.5. The van der Waals surface area contributed by atoms with Gasteiger partial charge in [0.05, 0.1) is 12.5 Å². The van der Waals surface area contributed by atoms with Crippen molar-refractivity contribution in [2.45, 2.75) is 26.3 Å². The zero-order valence-electron chi connectivity index (χ0n) is 15.8. The molecule has 2 aromatic carbocycles. The minimum Gasteiger partial charge on any atom is -0.492 e. The zero-order valence-corrected chi connectivity index (χ0v) is 16.5. The predicted octanol–water partition coefficient (Wildman–Crippen LogP) is 4.06. The van der Waals surface area contributed by atoms with Crippen LogP contribution in [0.5, 0.6) is 5.75 Å². The van der Waals surface area contributed by atoms with Gasteiger partial charge in [0.2, 0.25) is 5.91 Å². The molecule has 1 fully saturated rings. The number of halogens is 1. The fourth-order valence-corrected chi connectivity index (χ4v) is 3.60. The van der Waals surface area contributed by atoms with Gasteiger partial charge in [-0.05, 0) is 50.1 Å². The van der Waals surface area contributed by atoms with E-state index < -0.39 is 0 Å². The smallest absolute Gasteiger partial charge is 0.224 e. The first-order valence-corrected chi connectivity index (χ1v) is 9.92. The van der Waals surface area contributed by atoms with E-state index in [-0.39, 0.29) is 11.8 Å². The Morgan fingerprint density at radius 3 is 2.78 bits per heavy atom. The molecule has 1 heterocycles. The molecule has 0 aliphatic carbocycles. The normalized spacial score (nSPS) is 17.5. The molecule has 1 unspecified atom stereocenters. The number of aryl methyl sites for hydroxylation is 1. The van der Waals surface area contributed by atoms with E-state index in [1.165, 1.54) is 5.56 Å². The second-order valence-electron chi connectivity index (χ2n) is 7.12. The van der Waals surface area contributed by atoms with Crippen LogP contribution in [0.3, 0.4) is 0 Å². The van der Waals surface area contributed by atoms with Crippen molar-refractivity contribution < 1.29 is 9.53 Å². The highest BCUT2D eigenvalue weighted by Gasteiger charge is 2.25. The third-order valence-electron chi connectivity index (χ3n) is 4.92. The van der Waals surface area contributed by atoms with Crippen LogP contribution in [0, 0.1) is 12.8 Å². The van der Waals surface area contributed by atoms with Crippen LogP contribution in [-0.2, 0) is 11.3 Å². The van der Waals surface area contributed by atoms with Crippen LogP contribution in [-0.4, -0.2) is 37.0 Å². The molecule has 5 heteroatoms. The Kier molecular flexibility index (Phi) is 7.13. The van der Waals surface area contributed by atoms with Gasteiger partial charge in [0.25, 0.3) is 0 Å². The SMILES string of the molecule is Cc1ccc(OCCNC(=O)C2CCCN(Cc3ccccc3Cl)C2)cc1. The summed E-state index contributed by atoms with van der Waals surface area (Å²) in [5.74, 6) is 0.977. The largest absolute Gasteiger partial charge is 0.492 e. The fraction of sp³-hybridized carbons (Fsp3) is 0.409. The molecule has 2 aromatic rings. The van der Waals surface area contributed by atoms with Crippen molar-refractivity contribution in [1.82, 2.24) is 10.2 Å². The summed E-state index contributed by atoms with van der Waals surface area (Å²) in [4.78, 5) is 14.8. The molecule has 1 saturated heterocycles. The molecule has 0 radical (unpaired) electrons. The number of piperidine rings is 1. The van der Waals surface area contributed by atoms with Gasteiger partial charge in [0.15, 0.2) is 0 Å². The van der Waals surface area contributed by atoms with Crippen LogP contribution in [0.4, 0.5) is 0 Å². The van der Waals surface area contributed by atoms with Crippen molar-refractivity contribution in [3.05, 3.63) is 64.7 Å². The van der Waals surface area contributed by atoms with E-state index in [4.69, 9.17) is 16.3 Å². The molecule has 1 aliphatic rings. The first-order chi connectivity index (χ1) is 13.1. The lowest BCUT2D eigenvalue weighted by Gasteiger charge is -2.32. The van der Waals surface area contributed by atoms with Gasteiger partial charge in [-0.1, -0.05) is 47.5 Å². The molecule has 1 N–H and O–H groups in total. The third kappa shape index (κ3) is 5.98. The summed E-state index contributed by atoms with van der Waals surface area (Å²) >= 11 is 6.27. The van der Waals surface area contributed by atoms with E-state index in [1.807, 2.05) is 49.4 Å². The lowest BCUT2D eigenvalue weighted by Crippen LogP contribution is -2.43. The highest BCUT2D eigenvalue weighted by atomic mass is 35.5. The number of benzene rings is 2. The summed E-state index contributed by atoms with van der Waals surface area (Å²) in [6, 6.07) is 15.8. The minimum absolute atomic E-state index is 0.0283. The van der Waals surface area contributed by atoms with Crippen LogP contribution in [0.1, 0.15) is 24.0 Å². The maximum Gasteiger partial charge on any atom is 0.224 e. The van der Waals surface area contributed by atoms with E-state index in [0.29, 0.717) is 13.2 Å². The summed E-state index contributed by atoms with van der Waals surface area (Å²) in [7, 11) is 0. The molecule has 27 heavy (non-hydrogen) atoms. The van der Waals surface area contributed by atoms with Crippen LogP contribution in [0.15, 0.2) is 48.5 Å². The Morgan fingerprint density at radius 1 is 1.22 bits per heavy atom. The average molecular weight is 387 g/mol. The lowest BCUT2D eigenvalue weighted by molar-refractivity contribution is -0.126. The number of rotatable bonds is 7. The summed E-state index contributed by atoms with van der Waals surface area (Å²) in [5.41, 5.74) is 2.32. The highest BCUT2D eigenvalue weighted by Crippen LogP contribution is 2.22.